The van der Waals surface area contributed by atoms with Crippen molar-refractivity contribution < 1.29 is 4.74 Å². The standard InChI is InChI=1S/C15H16BrClN2O/c1-10(2)19-8-11-5-13(9-18-7-11)20-15-6-12(16)3-4-14(15)17/h3-7,9-10,19H,8H2,1-2H3. The molecule has 106 valence electrons. The van der Waals surface area contributed by atoms with Crippen molar-refractivity contribution in [2.24, 2.45) is 0 Å². The number of nitrogens with zero attached hydrogens (tertiary/aromatic N) is 1. The number of benzene rings is 1. The Bertz CT molecular complexity index is 590. The SMILES string of the molecule is CC(C)NCc1cncc(Oc2cc(Br)ccc2Cl)c1. The molecular formula is C15H16BrClN2O. The first kappa shape index (κ1) is 15.3. The van der Waals surface area contributed by atoms with Gasteiger partial charge in [0.05, 0.1) is 11.2 Å². The normalized spacial score (nSPS) is 10.8. The van der Waals surface area contributed by atoms with Gasteiger partial charge in [0.2, 0.25) is 0 Å². The number of halogens is 2. The van der Waals surface area contributed by atoms with E-state index in [1.165, 1.54) is 0 Å². The van der Waals surface area contributed by atoms with Gasteiger partial charge < -0.3 is 10.1 Å². The minimum Gasteiger partial charge on any atom is -0.454 e. The van der Waals surface area contributed by atoms with E-state index in [1.54, 1.807) is 12.3 Å². The number of hydrogen-bond donors (Lipinski definition) is 1. The summed E-state index contributed by atoms with van der Waals surface area (Å²) in [5.74, 6) is 1.28. The minimum absolute atomic E-state index is 0.430. The fourth-order valence-corrected chi connectivity index (χ4v) is 2.12. The second-order valence-corrected chi connectivity index (χ2v) is 6.06. The Hall–Kier alpha value is -1.10. The number of aromatic nitrogens is 1. The first-order chi connectivity index (χ1) is 9.54. The number of ether oxygens (including phenoxy) is 1. The van der Waals surface area contributed by atoms with Crippen LogP contribution < -0.4 is 10.1 Å². The third kappa shape index (κ3) is 4.47. The highest BCUT2D eigenvalue weighted by atomic mass is 79.9. The zero-order chi connectivity index (χ0) is 14.5. The summed E-state index contributed by atoms with van der Waals surface area (Å²) in [4.78, 5) is 4.19. The molecule has 0 saturated carbocycles. The van der Waals surface area contributed by atoms with E-state index in [-0.39, 0.29) is 0 Å². The molecule has 0 saturated heterocycles. The van der Waals surface area contributed by atoms with Crippen molar-refractivity contribution >= 4 is 27.5 Å². The summed E-state index contributed by atoms with van der Waals surface area (Å²) >= 11 is 9.51. The van der Waals surface area contributed by atoms with E-state index in [2.05, 4.69) is 40.1 Å². The zero-order valence-electron chi connectivity index (χ0n) is 11.4. The molecule has 0 aliphatic heterocycles. The van der Waals surface area contributed by atoms with Crippen molar-refractivity contribution in [3.05, 3.63) is 51.7 Å². The van der Waals surface area contributed by atoms with E-state index >= 15 is 0 Å². The average Bonchev–Trinajstić information content (AvgIpc) is 2.41. The third-order valence-corrected chi connectivity index (χ3v) is 3.41. The molecule has 0 bridgehead atoms. The molecule has 0 fully saturated rings. The maximum Gasteiger partial charge on any atom is 0.147 e. The largest absolute Gasteiger partial charge is 0.454 e. The quantitative estimate of drug-likeness (QED) is 0.837. The fraction of sp³-hybridized carbons (Fsp3) is 0.267. The molecule has 1 aromatic carbocycles. The minimum atomic E-state index is 0.430. The Morgan fingerprint density at radius 1 is 1.30 bits per heavy atom. The highest BCUT2D eigenvalue weighted by Crippen LogP contribution is 2.31. The molecule has 1 heterocycles. The number of rotatable bonds is 5. The van der Waals surface area contributed by atoms with Gasteiger partial charge in [-0.15, -0.1) is 0 Å². The van der Waals surface area contributed by atoms with Crippen LogP contribution in [0.5, 0.6) is 11.5 Å². The van der Waals surface area contributed by atoms with Crippen LogP contribution in [0.15, 0.2) is 41.1 Å². The lowest BCUT2D eigenvalue weighted by molar-refractivity contribution is 0.478. The molecule has 20 heavy (non-hydrogen) atoms. The molecule has 5 heteroatoms. The molecule has 0 radical (unpaired) electrons. The molecule has 0 spiro atoms. The summed E-state index contributed by atoms with van der Waals surface area (Å²) < 4.78 is 6.70. The van der Waals surface area contributed by atoms with Crippen LogP contribution in [0.4, 0.5) is 0 Å². The maximum atomic E-state index is 6.11. The van der Waals surface area contributed by atoms with Crippen LogP contribution in [0.2, 0.25) is 5.02 Å². The van der Waals surface area contributed by atoms with E-state index in [0.717, 1.165) is 16.6 Å². The van der Waals surface area contributed by atoms with Crippen molar-refractivity contribution in [1.82, 2.24) is 10.3 Å². The van der Waals surface area contributed by atoms with Gasteiger partial charge in [0, 0.05) is 23.3 Å². The van der Waals surface area contributed by atoms with Crippen LogP contribution in [0.1, 0.15) is 19.4 Å². The Morgan fingerprint density at radius 3 is 2.85 bits per heavy atom. The Labute approximate surface area is 132 Å². The van der Waals surface area contributed by atoms with Crippen LogP contribution >= 0.6 is 27.5 Å². The Balaban J connectivity index is 2.13. The molecule has 0 aliphatic rings. The fourth-order valence-electron chi connectivity index (χ4n) is 1.62. The van der Waals surface area contributed by atoms with Crippen LogP contribution in [0.3, 0.4) is 0 Å². The highest BCUT2D eigenvalue weighted by Gasteiger charge is 2.05. The molecule has 2 rings (SSSR count). The van der Waals surface area contributed by atoms with Gasteiger partial charge in [-0.2, -0.15) is 0 Å². The van der Waals surface area contributed by atoms with Crippen molar-refractivity contribution in [3.8, 4) is 11.5 Å². The van der Waals surface area contributed by atoms with Gasteiger partial charge in [-0.3, -0.25) is 4.98 Å². The topological polar surface area (TPSA) is 34.2 Å². The second-order valence-electron chi connectivity index (χ2n) is 4.74. The first-order valence-electron chi connectivity index (χ1n) is 6.35. The summed E-state index contributed by atoms with van der Waals surface area (Å²) in [7, 11) is 0. The molecule has 1 aromatic heterocycles. The molecule has 0 atom stereocenters. The molecule has 0 aliphatic carbocycles. The predicted molar refractivity (Wildman–Crippen MR) is 85.4 cm³/mol. The lowest BCUT2D eigenvalue weighted by atomic mass is 10.2. The van der Waals surface area contributed by atoms with Crippen molar-refractivity contribution in [2.75, 3.05) is 0 Å². The first-order valence-corrected chi connectivity index (χ1v) is 7.52. The van der Waals surface area contributed by atoms with Crippen LogP contribution in [-0.4, -0.2) is 11.0 Å². The molecule has 1 N–H and O–H groups in total. The van der Waals surface area contributed by atoms with Gasteiger partial charge in [0.15, 0.2) is 0 Å². The van der Waals surface area contributed by atoms with Gasteiger partial charge in [0.25, 0.3) is 0 Å². The van der Waals surface area contributed by atoms with Crippen molar-refractivity contribution in [2.45, 2.75) is 26.4 Å². The van der Waals surface area contributed by atoms with Crippen LogP contribution in [-0.2, 0) is 6.54 Å². The highest BCUT2D eigenvalue weighted by molar-refractivity contribution is 9.10. The van der Waals surface area contributed by atoms with Crippen molar-refractivity contribution in [3.63, 3.8) is 0 Å². The average molecular weight is 356 g/mol. The van der Waals surface area contributed by atoms with Gasteiger partial charge in [-0.25, -0.2) is 0 Å². The number of hydrogen-bond acceptors (Lipinski definition) is 3. The Kier molecular flexibility index (Phi) is 5.40. The van der Waals surface area contributed by atoms with E-state index in [4.69, 9.17) is 16.3 Å². The van der Waals surface area contributed by atoms with Gasteiger partial charge in [-0.05, 0) is 29.8 Å². The summed E-state index contributed by atoms with van der Waals surface area (Å²) in [6.07, 6.45) is 3.50. The zero-order valence-corrected chi connectivity index (χ0v) is 13.7. The van der Waals surface area contributed by atoms with Crippen molar-refractivity contribution in [1.29, 1.82) is 0 Å². The summed E-state index contributed by atoms with van der Waals surface area (Å²) in [5.41, 5.74) is 1.07. The van der Waals surface area contributed by atoms with Gasteiger partial charge in [-0.1, -0.05) is 41.4 Å². The maximum absolute atomic E-state index is 6.11. The second kappa shape index (κ2) is 7.07. The third-order valence-electron chi connectivity index (χ3n) is 2.61. The summed E-state index contributed by atoms with van der Waals surface area (Å²) in [5, 5.41) is 3.91. The molecule has 2 aromatic rings. The molecular weight excluding hydrogens is 340 g/mol. The predicted octanol–water partition coefficient (Wildman–Crippen LogP) is 4.79. The lowest BCUT2D eigenvalue weighted by Crippen LogP contribution is -2.21. The Morgan fingerprint density at radius 2 is 2.10 bits per heavy atom. The molecule has 3 nitrogen and oxygen atoms in total. The van der Waals surface area contributed by atoms with Gasteiger partial charge >= 0.3 is 0 Å². The molecule has 0 amide bonds. The smallest absolute Gasteiger partial charge is 0.147 e. The summed E-state index contributed by atoms with van der Waals surface area (Å²) in [6.45, 7) is 4.97. The van der Waals surface area contributed by atoms with Crippen LogP contribution in [0, 0.1) is 0 Å². The monoisotopic (exact) mass is 354 g/mol. The number of pyridine rings is 1. The van der Waals surface area contributed by atoms with E-state index in [9.17, 15) is 0 Å². The van der Waals surface area contributed by atoms with E-state index in [1.807, 2.05) is 24.4 Å². The van der Waals surface area contributed by atoms with Gasteiger partial charge in [0.1, 0.15) is 11.5 Å². The molecule has 0 unspecified atom stereocenters. The lowest BCUT2D eigenvalue weighted by Gasteiger charge is -2.11. The number of nitrogens with one attached hydrogen (secondary N) is 1. The summed E-state index contributed by atoms with van der Waals surface area (Å²) in [6, 6.07) is 7.88. The van der Waals surface area contributed by atoms with E-state index < -0.39 is 0 Å². The van der Waals surface area contributed by atoms with E-state index in [0.29, 0.717) is 22.6 Å². The van der Waals surface area contributed by atoms with Crippen LogP contribution in [0.25, 0.3) is 0 Å².